The highest BCUT2D eigenvalue weighted by molar-refractivity contribution is 6.31. The molecule has 1 rings (SSSR count). The lowest BCUT2D eigenvalue weighted by molar-refractivity contribution is -0.305. The summed E-state index contributed by atoms with van der Waals surface area (Å²) in [6.45, 7) is 0. The highest BCUT2D eigenvalue weighted by Crippen LogP contribution is 2.26. The van der Waals surface area contributed by atoms with Gasteiger partial charge in [0.2, 0.25) is 5.91 Å². The highest BCUT2D eigenvalue weighted by atomic mass is 35.5. The quantitative estimate of drug-likeness (QED) is 0.766. The lowest BCUT2D eigenvalue weighted by Crippen LogP contribution is -2.22. The molecule has 17 heavy (non-hydrogen) atoms. The minimum atomic E-state index is -1.19. The predicted molar refractivity (Wildman–Crippen MR) is 60.6 cm³/mol. The van der Waals surface area contributed by atoms with Crippen molar-refractivity contribution in [1.82, 2.24) is 0 Å². The monoisotopic (exact) mass is 256 g/mol. The topological polar surface area (TPSA) is 89.5 Å². The van der Waals surface area contributed by atoms with Gasteiger partial charge in [-0.25, -0.2) is 0 Å². The molecular formula is C11H11ClNO4-. The molecule has 2 N–H and O–H groups in total. The number of aliphatic carboxylic acids is 1. The second-order valence-corrected chi connectivity index (χ2v) is 3.87. The molecule has 1 aromatic carbocycles. The van der Waals surface area contributed by atoms with Gasteiger partial charge in [0.15, 0.2) is 0 Å². The Morgan fingerprint density at radius 1 is 1.35 bits per heavy atom. The summed E-state index contributed by atoms with van der Waals surface area (Å²) in [5, 5.41) is 22.4. The third-order valence-electron chi connectivity index (χ3n) is 2.02. The number of carboxylic acids is 1. The molecular weight excluding hydrogens is 246 g/mol. The van der Waals surface area contributed by atoms with Gasteiger partial charge in [0.1, 0.15) is 5.75 Å². The van der Waals surface area contributed by atoms with Crippen molar-refractivity contribution in [2.24, 2.45) is 0 Å². The fourth-order valence-corrected chi connectivity index (χ4v) is 1.39. The van der Waals surface area contributed by atoms with Crippen molar-refractivity contribution in [3.63, 3.8) is 0 Å². The number of hydrogen-bond donors (Lipinski definition) is 2. The van der Waals surface area contributed by atoms with E-state index in [0.29, 0.717) is 5.02 Å². The number of halogens is 1. The lowest BCUT2D eigenvalue weighted by atomic mass is 10.2. The van der Waals surface area contributed by atoms with Gasteiger partial charge in [-0.15, -0.1) is 0 Å². The van der Waals surface area contributed by atoms with E-state index < -0.39 is 5.97 Å². The number of hydrogen-bond acceptors (Lipinski definition) is 4. The van der Waals surface area contributed by atoms with E-state index in [4.69, 9.17) is 11.6 Å². The van der Waals surface area contributed by atoms with Crippen molar-refractivity contribution in [1.29, 1.82) is 0 Å². The highest BCUT2D eigenvalue weighted by Gasteiger charge is 2.06. The molecule has 1 aromatic rings. The van der Waals surface area contributed by atoms with Gasteiger partial charge in [-0.05, 0) is 31.0 Å². The van der Waals surface area contributed by atoms with Crippen LogP contribution in [0.5, 0.6) is 5.75 Å². The number of benzene rings is 1. The normalized spacial score (nSPS) is 9.94. The maximum Gasteiger partial charge on any atom is 0.224 e. The zero-order valence-electron chi connectivity index (χ0n) is 8.90. The van der Waals surface area contributed by atoms with Crippen molar-refractivity contribution in [2.75, 3.05) is 5.32 Å². The van der Waals surface area contributed by atoms with Crippen LogP contribution in [0.2, 0.25) is 5.02 Å². The summed E-state index contributed by atoms with van der Waals surface area (Å²) in [6.07, 6.45) is 0.0599. The zero-order chi connectivity index (χ0) is 12.8. The van der Waals surface area contributed by atoms with E-state index in [-0.39, 0.29) is 36.6 Å². The molecule has 92 valence electrons. The molecule has 0 heterocycles. The number of carbonyl (C=O) groups is 2. The molecule has 0 atom stereocenters. The fraction of sp³-hybridized carbons (Fsp3) is 0.273. The summed E-state index contributed by atoms with van der Waals surface area (Å²) in [4.78, 5) is 21.5. The van der Waals surface area contributed by atoms with Crippen LogP contribution >= 0.6 is 11.6 Å². The summed E-state index contributed by atoms with van der Waals surface area (Å²) < 4.78 is 0. The van der Waals surface area contributed by atoms with E-state index in [1.54, 1.807) is 0 Å². The van der Waals surface area contributed by atoms with Gasteiger partial charge in [0, 0.05) is 17.4 Å². The molecule has 0 aliphatic rings. The SMILES string of the molecule is O=C([O-])CCCC(=O)Nc1cc(Cl)ccc1O. The Hall–Kier alpha value is -1.75. The van der Waals surface area contributed by atoms with Crippen LogP contribution in [0.3, 0.4) is 0 Å². The summed E-state index contributed by atoms with van der Waals surface area (Å²) in [5.74, 6) is -1.67. The number of amides is 1. The van der Waals surface area contributed by atoms with Gasteiger partial charge < -0.3 is 20.3 Å². The molecule has 1 amide bonds. The van der Waals surface area contributed by atoms with Crippen molar-refractivity contribution >= 4 is 29.2 Å². The second kappa shape index (κ2) is 6.10. The third-order valence-corrected chi connectivity index (χ3v) is 2.25. The van der Waals surface area contributed by atoms with Crippen molar-refractivity contribution in [3.8, 4) is 5.75 Å². The number of aromatic hydroxyl groups is 1. The molecule has 0 spiro atoms. The molecule has 0 radical (unpaired) electrons. The molecule has 0 aliphatic carbocycles. The van der Waals surface area contributed by atoms with Crippen LogP contribution in [0.1, 0.15) is 19.3 Å². The van der Waals surface area contributed by atoms with Gasteiger partial charge in [-0.2, -0.15) is 0 Å². The Morgan fingerprint density at radius 3 is 2.71 bits per heavy atom. The largest absolute Gasteiger partial charge is 0.550 e. The van der Waals surface area contributed by atoms with E-state index in [9.17, 15) is 19.8 Å². The first-order valence-electron chi connectivity index (χ1n) is 4.97. The standard InChI is InChI=1S/C11H12ClNO4/c12-7-4-5-9(14)8(6-7)13-10(15)2-1-3-11(16)17/h4-6,14H,1-3H2,(H,13,15)(H,16,17)/p-1. The summed E-state index contributed by atoms with van der Waals surface area (Å²) >= 11 is 5.70. The van der Waals surface area contributed by atoms with Crippen LogP contribution in [0, 0.1) is 0 Å². The van der Waals surface area contributed by atoms with Crippen LogP contribution in [0.4, 0.5) is 5.69 Å². The number of nitrogens with one attached hydrogen (secondary N) is 1. The summed E-state index contributed by atoms with van der Waals surface area (Å²) in [7, 11) is 0. The first-order valence-corrected chi connectivity index (χ1v) is 5.35. The molecule has 0 saturated carbocycles. The molecule has 0 fully saturated rings. The molecule has 6 heteroatoms. The van der Waals surface area contributed by atoms with E-state index >= 15 is 0 Å². The number of anilines is 1. The Balaban J connectivity index is 2.50. The number of phenolic OH excluding ortho intramolecular Hbond substituents is 1. The van der Waals surface area contributed by atoms with Crippen molar-refractivity contribution < 1.29 is 19.8 Å². The third kappa shape index (κ3) is 4.74. The number of rotatable bonds is 5. The van der Waals surface area contributed by atoms with E-state index in [0.717, 1.165) is 0 Å². The first-order chi connectivity index (χ1) is 7.99. The number of phenols is 1. The Kier molecular flexibility index (Phi) is 4.78. The molecule has 0 aromatic heterocycles. The Bertz CT molecular complexity index is 433. The molecule has 0 saturated heterocycles. The van der Waals surface area contributed by atoms with Gasteiger partial charge >= 0.3 is 0 Å². The molecule has 0 bridgehead atoms. The Morgan fingerprint density at radius 2 is 2.06 bits per heavy atom. The lowest BCUT2D eigenvalue weighted by Gasteiger charge is -2.07. The van der Waals surface area contributed by atoms with Crippen molar-refractivity contribution in [2.45, 2.75) is 19.3 Å². The maximum absolute atomic E-state index is 11.4. The second-order valence-electron chi connectivity index (χ2n) is 3.44. The van der Waals surface area contributed by atoms with Crippen LogP contribution in [0.25, 0.3) is 0 Å². The zero-order valence-corrected chi connectivity index (χ0v) is 9.66. The number of carbonyl (C=O) groups excluding carboxylic acids is 2. The van der Waals surface area contributed by atoms with Crippen molar-refractivity contribution in [3.05, 3.63) is 23.2 Å². The van der Waals surface area contributed by atoms with E-state index in [2.05, 4.69) is 5.32 Å². The Labute approximate surface area is 103 Å². The van der Waals surface area contributed by atoms with Gasteiger partial charge in [0.05, 0.1) is 5.69 Å². The maximum atomic E-state index is 11.4. The summed E-state index contributed by atoms with van der Waals surface area (Å²) in [6, 6.07) is 4.26. The predicted octanol–water partition coefficient (Wildman–Crippen LogP) is 0.904. The van der Waals surface area contributed by atoms with Gasteiger partial charge in [-0.1, -0.05) is 11.6 Å². The van der Waals surface area contributed by atoms with Gasteiger partial charge in [-0.3, -0.25) is 4.79 Å². The molecule has 0 aliphatic heterocycles. The van der Waals surface area contributed by atoms with E-state index in [1.165, 1.54) is 18.2 Å². The fourth-order valence-electron chi connectivity index (χ4n) is 1.21. The van der Waals surface area contributed by atoms with Gasteiger partial charge in [0.25, 0.3) is 0 Å². The molecule has 0 unspecified atom stereocenters. The van der Waals surface area contributed by atoms with Crippen LogP contribution in [0.15, 0.2) is 18.2 Å². The molecule has 5 nitrogen and oxygen atoms in total. The minimum absolute atomic E-state index is 0.0416. The van der Waals surface area contributed by atoms with Crippen LogP contribution < -0.4 is 10.4 Å². The average molecular weight is 257 g/mol. The summed E-state index contributed by atoms with van der Waals surface area (Å²) in [5.41, 5.74) is 0.205. The van der Waals surface area contributed by atoms with Crippen LogP contribution in [-0.4, -0.2) is 17.0 Å². The average Bonchev–Trinajstić information content (AvgIpc) is 2.23. The van der Waals surface area contributed by atoms with E-state index in [1.807, 2.05) is 0 Å². The van der Waals surface area contributed by atoms with Crippen LogP contribution in [-0.2, 0) is 9.59 Å². The number of carboxylic acid groups (broad SMARTS) is 1. The first kappa shape index (κ1) is 13.3. The minimum Gasteiger partial charge on any atom is -0.550 e. The smallest absolute Gasteiger partial charge is 0.224 e.